The number of pyridine rings is 1. The minimum Gasteiger partial charge on any atom is -0.493 e. The van der Waals surface area contributed by atoms with E-state index in [0.717, 1.165) is 11.3 Å². The van der Waals surface area contributed by atoms with Gasteiger partial charge in [-0.2, -0.15) is 0 Å². The molecule has 0 bridgehead atoms. The van der Waals surface area contributed by atoms with Gasteiger partial charge in [0.15, 0.2) is 11.5 Å². The van der Waals surface area contributed by atoms with Crippen LogP contribution in [-0.4, -0.2) is 41.2 Å². The first-order valence-electron chi connectivity index (χ1n) is 9.49. The number of fused-ring (bicyclic) bond motifs is 1. The van der Waals surface area contributed by atoms with E-state index >= 15 is 0 Å². The molecule has 0 saturated carbocycles. The number of anilines is 1. The molecule has 0 spiro atoms. The van der Waals surface area contributed by atoms with Gasteiger partial charge in [-0.3, -0.25) is 4.79 Å². The number of hydrogen-bond donors (Lipinski definition) is 2. The van der Waals surface area contributed by atoms with Crippen molar-refractivity contribution < 1.29 is 19.0 Å². The van der Waals surface area contributed by atoms with Crippen LogP contribution in [0.5, 0.6) is 11.5 Å². The summed E-state index contributed by atoms with van der Waals surface area (Å²) in [6.07, 6.45) is 4.83. The molecule has 152 valence electrons. The number of ether oxygens (including phenoxy) is 3. The van der Waals surface area contributed by atoms with Crippen LogP contribution in [0.3, 0.4) is 0 Å². The summed E-state index contributed by atoms with van der Waals surface area (Å²) in [5.41, 5.74) is 7.57. The van der Waals surface area contributed by atoms with Crippen molar-refractivity contribution in [1.82, 2.24) is 9.38 Å². The molecule has 0 atom stereocenters. The zero-order valence-electron chi connectivity index (χ0n) is 16.3. The van der Waals surface area contributed by atoms with Crippen LogP contribution in [0.1, 0.15) is 18.5 Å². The molecule has 1 amide bonds. The Hall–Kier alpha value is -3.10. The Morgan fingerprint density at radius 3 is 2.86 bits per heavy atom. The van der Waals surface area contributed by atoms with Crippen LogP contribution < -0.4 is 20.5 Å². The van der Waals surface area contributed by atoms with Crippen molar-refractivity contribution >= 4 is 17.2 Å². The Labute approximate surface area is 168 Å². The minimum absolute atomic E-state index is 0.225. The van der Waals surface area contributed by atoms with E-state index in [1.54, 1.807) is 25.3 Å². The van der Waals surface area contributed by atoms with Gasteiger partial charge in [-0.1, -0.05) is 6.07 Å². The Kier molecular flexibility index (Phi) is 5.37. The molecule has 1 saturated heterocycles. The first-order valence-corrected chi connectivity index (χ1v) is 9.49. The second kappa shape index (κ2) is 8.10. The van der Waals surface area contributed by atoms with Gasteiger partial charge in [0.25, 0.3) is 0 Å². The molecule has 1 aliphatic rings. The first kappa shape index (κ1) is 19.2. The minimum atomic E-state index is -0.921. The molecular weight excluding hydrogens is 372 g/mol. The van der Waals surface area contributed by atoms with Gasteiger partial charge in [-0.25, -0.2) is 4.98 Å². The van der Waals surface area contributed by atoms with Crippen LogP contribution in [0.15, 0.2) is 48.8 Å². The van der Waals surface area contributed by atoms with Crippen LogP contribution in [0, 0.1) is 0 Å². The predicted molar refractivity (Wildman–Crippen MR) is 108 cm³/mol. The smallest absolute Gasteiger partial charge is 0.244 e. The Bertz CT molecular complexity index is 978. The number of imidazole rings is 1. The maximum absolute atomic E-state index is 12.7. The number of amides is 1. The molecule has 0 radical (unpaired) electrons. The molecule has 29 heavy (non-hydrogen) atoms. The van der Waals surface area contributed by atoms with Crippen LogP contribution in [0.25, 0.3) is 5.65 Å². The van der Waals surface area contributed by atoms with Gasteiger partial charge in [0, 0.05) is 37.4 Å². The number of nitrogens with zero attached hydrogens (tertiary/aromatic N) is 2. The molecule has 0 aliphatic carbocycles. The average Bonchev–Trinajstić information content (AvgIpc) is 3.16. The van der Waals surface area contributed by atoms with E-state index in [0.29, 0.717) is 43.2 Å². The lowest BCUT2D eigenvalue weighted by atomic mass is 9.90. The molecule has 0 unspecified atom stereocenters. The maximum atomic E-state index is 12.7. The fraction of sp³-hybridized carbons (Fsp3) is 0.333. The number of rotatable bonds is 6. The molecule has 2 aromatic heterocycles. The van der Waals surface area contributed by atoms with Gasteiger partial charge in [0.1, 0.15) is 17.8 Å². The van der Waals surface area contributed by atoms with Crippen molar-refractivity contribution in [2.24, 2.45) is 5.73 Å². The zero-order valence-corrected chi connectivity index (χ0v) is 16.3. The highest BCUT2D eigenvalue weighted by atomic mass is 16.5. The fourth-order valence-electron chi connectivity index (χ4n) is 3.29. The van der Waals surface area contributed by atoms with Crippen LogP contribution >= 0.6 is 0 Å². The van der Waals surface area contributed by atoms with E-state index in [-0.39, 0.29) is 12.5 Å². The second-order valence-corrected chi connectivity index (χ2v) is 7.08. The van der Waals surface area contributed by atoms with Gasteiger partial charge in [0.2, 0.25) is 5.91 Å². The molecule has 8 heteroatoms. The lowest BCUT2D eigenvalue weighted by molar-refractivity contribution is -0.124. The van der Waals surface area contributed by atoms with Crippen molar-refractivity contribution in [3.05, 3.63) is 54.5 Å². The number of nitrogens with one attached hydrogen (secondary N) is 1. The highest BCUT2D eigenvalue weighted by Gasteiger charge is 2.36. The molecule has 8 nitrogen and oxygen atoms in total. The lowest BCUT2D eigenvalue weighted by Gasteiger charge is -2.31. The van der Waals surface area contributed by atoms with Gasteiger partial charge in [-0.15, -0.1) is 0 Å². The highest BCUT2D eigenvalue weighted by molar-refractivity contribution is 5.98. The standard InChI is InChI=1S/C21H24N4O4/c1-27-17-6-5-15(24-20(26)21(22)7-10-28-11-8-21)12-18(17)29-14-16-13-25-9-3-2-4-19(25)23-16/h2-6,9,12-13H,7-8,10-11,14,22H2,1H3,(H,24,26). The van der Waals surface area contributed by atoms with Gasteiger partial charge in [-0.05, 0) is 37.1 Å². The third-order valence-electron chi connectivity index (χ3n) is 5.05. The van der Waals surface area contributed by atoms with E-state index in [1.807, 2.05) is 35.0 Å². The number of hydrogen-bond acceptors (Lipinski definition) is 6. The third kappa shape index (κ3) is 4.18. The molecule has 3 N–H and O–H groups in total. The summed E-state index contributed by atoms with van der Waals surface area (Å²) in [4.78, 5) is 17.2. The van der Waals surface area contributed by atoms with Gasteiger partial charge >= 0.3 is 0 Å². The molecule has 1 aromatic carbocycles. The maximum Gasteiger partial charge on any atom is 0.244 e. The SMILES string of the molecule is COc1ccc(NC(=O)C2(N)CCOCC2)cc1OCc1cn2ccccc2n1. The predicted octanol–water partition coefficient (Wildman–Crippen LogP) is 2.37. The summed E-state index contributed by atoms with van der Waals surface area (Å²) in [5.74, 6) is 0.859. The van der Waals surface area contributed by atoms with Crippen molar-refractivity contribution in [2.45, 2.75) is 25.0 Å². The van der Waals surface area contributed by atoms with Crippen LogP contribution in [0.2, 0.25) is 0 Å². The fourth-order valence-corrected chi connectivity index (χ4v) is 3.29. The normalized spacial score (nSPS) is 15.8. The quantitative estimate of drug-likeness (QED) is 0.664. The summed E-state index contributed by atoms with van der Waals surface area (Å²) < 4.78 is 18.6. The molecule has 3 aromatic rings. The lowest BCUT2D eigenvalue weighted by Crippen LogP contribution is -2.54. The highest BCUT2D eigenvalue weighted by Crippen LogP contribution is 2.31. The van der Waals surface area contributed by atoms with Crippen LogP contribution in [-0.2, 0) is 16.1 Å². The number of carbonyl (C=O) groups is 1. The summed E-state index contributed by atoms with van der Waals surface area (Å²) in [7, 11) is 1.57. The molecule has 4 rings (SSSR count). The topological polar surface area (TPSA) is 100 Å². The summed E-state index contributed by atoms with van der Waals surface area (Å²) in [6.45, 7) is 1.24. The van der Waals surface area contributed by atoms with E-state index in [4.69, 9.17) is 19.9 Å². The molecule has 3 heterocycles. The summed E-state index contributed by atoms with van der Waals surface area (Å²) >= 11 is 0. The second-order valence-electron chi connectivity index (χ2n) is 7.08. The third-order valence-corrected chi connectivity index (χ3v) is 5.05. The number of nitrogens with two attached hydrogens (primary N) is 1. The molecule has 1 fully saturated rings. The van der Waals surface area contributed by atoms with E-state index in [2.05, 4.69) is 10.3 Å². The van der Waals surface area contributed by atoms with E-state index < -0.39 is 5.54 Å². The van der Waals surface area contributed by atoms with E-state index in [9.17, 15) is 4.79 Å². The number of carbonyl (C=O) groups excluding carboxylic acids is 1. The number of methoxy groups -OCH3 is 1. The summed E-state index contributed by atoms with van der Waals surface area (Å²) in [5, 5.41) is 2.89. The monoisotopic (exact) mass is 396 g/mol. The Morgan fingerprint density at radius 1 is 1.28 bits per heavy atom. The first-order chi connectivity index (χ1) is 14.1. The van der Waals surface area contributed by atoms with Gasteiger partial charge < -0.3 is 29.7 Å². The Morgan fingerprint density at radius 2 is 2.10 bits per heavy atom. The van der Waals surface area contributed by atoms with Crippen molar-refractivity contribution in [3.63, 3.8) is 0 Å². The van der Waals surface area contributed by atoms with Crippen LogP contribution in [0.4, 0.5) is 5.69 Å². The van der Waals surface area contributed by atoms with Crippen molar-refractivity contribution in [3.8, 4) is 11.5 Å². The summed E-state index contributed by atoms with van der Waals surface area (Å²) in [6, 6.07) is 11.1. The zero-order chi connectivity index (χ0) is 20.3. The largest absolute Gasteiger partial charge is 0.493 e. The van der Waals surface area contributed by atoms with Gasteiger partial charge in [0.05, 0.1) is 12.8 Å². The number of aromatic nitrogens is 2. The average molecular weight is 396 g/mol. The van der Waals surface area contributed by atoms with Crippen molar-refractivity contribution in [2.75, 3.05) is 25.6 Å². The Balaban J connectivity index is 1.48. The number of benzene rings is 1. The molecule has 1 aliphatic heterocycles. The van der Waals surface area contributed by atoms with Crippen molar-refractivity contribution in [1.29, 1.82) is 0 Å². The molecular formula is C21H24N4O4. The van der Waals surface area contributed by atoms with E-state index in [1.165, 1.54) is 0 Å².